The Morgan fingerprint density at radius 1 is 1.16 bits per heavy atom. The van der Waals surface area contributed by atoms with Crippen molar-refractivity contribution in [2.75, 3.05) is 32.9 Å². The summed E-state index contributed by atoms with van der Waals surface area (Å²) < 4.78 is 24.2. The molecule has 0 radical (unpaired) electrons. The summed E-state index contributed by atoms with van der Waals surface area (Å²) in [6.45, 7) is 7.48. The number of rotatable bonds is 10. The number of unbranched alkanes of at least 4 members (excludes halogenated alkanes) is 1. The fraction of sp³-hybridized carbons (Fsp3) is 0.600. The van der Waals surface area contributed by atoms with E-state index >= 15 is 0 Å². The molecule has 0 amide bonds. The SMILES string of the molecule is CCOCCCCNCCOc1cccc(C)c1F. The van der Waals surface area contributed by atoms with Crippen molar-refractivity contribution in [2.45, 2.75) is 26.7 Å². The van der Waals surface area contributed by atoms with Crippen LogP contribution in [0, 0.1) is 12.7 Å². The van der Waals surface area contributed by atoms with Crippen molar-refractivity contribution in [3.63, 3.8) is 0 Å². The maximum atomic E-state index is 13.6. The Morgan fingerprint density at radius 3 is 2.79 bits per heavy atom. The summed E-state index contributed by atoms with van der Waals surface area (Å²) in [5, 5.41) is 3.26. The predicted octanol–water partition coefficient (Wildman–Crippen LogP) is 2.92. The summed E-state index contributed by atoms with van der Waals surface area (Å²) in [5.41, 5.74) is 0.612. The lowest BCUT2D eigenvalue weighted by Gasteiger charge is -2.09. The highest BCUT2D eigenvalue weighted by Gasteiger charge is 2.04. The predicted molar refractivity (Wildman–Crippen MR) is 75.2 cm³/mol. The fourth-order valence-corrected chi connectivity index (χ4v) is 1.69. The van der Waals surface area contributed by atoms with E-state index in [1.54, 1.807) is 25.1 Å². The summed E-state index contributed by atoms with van der Waals surface area (Å²) in [5.74, 6) is 0.0670. The van der Waals surface area contributed by atoms with Gasteiger partial charge in [-0.05, 0) is 44.9 Å². The highest BCUT2D eigenvalue weighted by molar-refractivity contribution is 5.29. The van der Waals surface area contributed by atoms with E-state index < -0.39 is 0 Å². The maximum absolute atomic E-state index is 13.6. The number of hydrogen-bond donors (Lipinski definition) is 1. The zero-order chi connectivity index (χ0) is 13.9. The molecule has 0 spiro atoms. The molecule has 0 aliphatic rings. The topological polar surface area (TPSA) is 30.5 Å². The molecule has 0 heterocycles. The monoisotopic (exact) mass is 269 g/mol. The van der Waals surface area contributed by atoms with E-state index in [0.717, 1.165) is 39.1 Å². The molecule has 1 aromatic carbocycles. The third-order valence-corrected chi connectivity index (χ3v) is 2.79. The molecule has 19 heavy (non-hydrogen) atoms. The molecule has 0 aliphatic heterocycles. The van der Waals surface area contributed by atoms with Crippen LogP contribution >= 0.6 is 0 Å². The van der Waals surface area contributed by atoms with Gasteiger partial charge >= 0.3 is 0 Å². The van der Waals surface area contributed by atoms with Gasteiger partial charge in [0, 0.05) is 19.8 Å². The van der Waals surface area contributed by atoms with E-state index in [0.29, 0.717) is 17.9 Å². The molecule has 0 unspecified atom stereocenters. The molecular formula is C15H24FNO2. The van der Waals surface area contributed by atoms with Gasteiger partial charge in [0.25, 0.3) is 0 Å². The maximum Gasteiger partial charge on any atom is 0.167 e. The number of halogens is 1. The molecule has 3 nitrogen and oxygen atoms in total. The van der Waals surface area contributed by atoms with Crippen molar-refractivity contribution >= 4 is 0 Å². The van der Waals surface area contributed by atoms with E-state index in [2.05, 4.69) is 5.32 Å². The first-order chi connectivity index (χ1) is 9.25. The molecule has 0 saturated carbocycles. The lowest BCUT2D eigenvalue weighted by atomic mass is 10.2. The minimum atomic E-state index is -0.265. The van der Waals surface area contributed by atoms with Gasteiger partial charge in [-0.25, -0.2) is 4.39 Å². The summed E-state index contributed by atoms with van der Waals surface area (Å²) in [6.07, 6.45) is 2.15. The van der Waals surface area contributed by atoms with Crippen LogP contribution in [0.5, 0.6) is 5.75 Å². The Kier molecular flexibility index (Phi) is 8.18. The molecular weight excluding hydrogens is 245 g/mol. The van der Waals surface area contributed by atoms with E-state index in [1.807, 2.05) is 6.92 Å². The first-order valence-electron chi connectivity index (χ1n) is 6.92. The van der Waals surface area contributed by atoms with Crippen LogP contribution in [0.2, 0.25) is 0 Å². The van der Waals surface area contributed by atoms with Gasteiger partial charge in [0.15, 0.2) is 11.6 Å². The van der Waals surface area contributed by atoms with Crippen LogP contribution in [-0.4, -0.2) is 32.9 Å². The summed E-state index contributed by atoms with van der Waals surface area (Å²) in [7, 11) is 0. The summed E-state index contributed by atoms with van der Waals surface area (Å²) >= 11 is 0. The molecule has 0 aromatic heterocycles. The average molecular weight is 269 g/mol. The molecule has 1 N–H and O–H groups in total. The normalized spacial score (nSPS) is 10.7. The number of aryl methyl sites for hydroxylation is 1. The van der Waals surface area contributed by atoms with Crippen LogP contribution < -0.4 is 10.1 Å². The fourth-order valence-electron chi connectivity index (χ4n) is 1.69. The lowest BCUT2D eigenvalue weighted by molar-refractivity contribution is 0.143. The average Bonchev–Trinajstić information content (AvgIpc) is 2.41. The van der Waals surface area contributed by atoms with Crippen LogP contribution in [0.15, 0.2) is 18.2 Å². The largest absolute Gasteiger partial charge is 0.489 e. The van der Waals surface area contributed by atoms with E-state index in [4.69, 9.17) is 9.47 Å². The van der Waals surface area contributed by atoms with Crippen molar-refractivity contribution in [3.05, 3.63) is 29.6 Å². The summed E-state index contributed by atoms with van der Waals surface area (Å²) in [6, 6.07) is 5.19. The van der Waals surface area contributed by atoms with Crippen LogP contribution in [0.3, 0.4) is 0 Å². The molecule has 0 atom stereocenters. The second-order valence-electron chi connectivity index (χ2n) is 4.39. The van der Waals surface area contributed by atoms with Crippen LogP contribution in [0.4, 0.5) is 4.39 Å². The Morgan fingerprint density at radius 2 is 2.00 bits per heavy atom. The van der Waals surface area contributed by atoms with Crippen molar-refractivity contribution in [1.29, 1.82) is 0 Å². The molecule has 0 bridgehead atoms. The molecule has 0 saturated heterocycles. The van der Waals surface area contributed by atoms with Gasteiger partial charge in [-0.3, -0.25) is 0 Å². The minimum Gasteiger partial charge on any atom is -0.489 e. The van der Waals surface area contributed by atoms with Gasteiger partial charge < -0.3 is 14.8 Å². The van der Waals surface area contributed by atoms with Crippen LogP contribution in [-0.2, 0) is 4.74 Å². The van der Waals surface area contributed by atoms with Crippen molar-refractivity contribution in [1.82, 2.24) is 5.32 Å². The molecule has 0 aliphatic carbocycles. The van der Waals surface area contributed by atoms with Gasteiger partial charge in [0.05, 0.1) is 0 Å². The van der Waals surface area contributed by atoms with Crippen molar-refractivity contribution in [2.24, 2.45) is 0 Å². The first-order valence-corrected chi connectivity index (χ1v) is 6.92. The third kappa shape index (κ3) is 6.55. The van der Waals surface area contributed by atoms with Crippen LogP contribution in [0.25, 0.3) is 0 Å². The third-order valence-electron chi connectivity index (χ3n) is 2.79. The highest BCUT2D eigenvalue weighted by atomic mass is 19.1. The van der Waals surface area contributed by atoms with Crippen LogP contribution in [0.1, 0.15) is 25.3 Å². The van der Waals surface area contributed by atoms with E-state index in [-0.39, 0.29) is 5.82 Å². The zero-order valence-corrected chi connectivity index (χ0v) is 11.9. The van der Waals surface area contributed by atoms with Gasteiger partial charge in [-0.2, -0.15) is 0 Å². The van der Waals surface area contributed by atoms with Gasteiger partial charge in [0.1, 0.15) is 6.61 Å². The standard InChI is InChI=1S/C15H24FNO2/c1-3-18-11-5-4-9-17-10-12-19-14-8-6-7-13(2)15(14)16/h6-8,17H,3-5,9-12H2,1-2H3. The Labute approximate surface area is 115 Å². The zero-order valence-electron chi connectivity index (χ0n) is 11.9. The number of nitrogens with one attached hydrogen (secondary N) is 1. The number of hydrogen-bond acceptors (Lipinski definition) is 3. The molecule has 4 heteroatoms. The lowest BCUT2D eigenvalue weighted by Crippen LogP contribution is -2.22. The van der Waals surface area contributed by atoms with Crippen molar-refractivity contribution < 1.29 is 13.9 Å². The second kappa shape index (κ2) is 9.75. The molecule has 108 valence electrons. The molecule has 1 aromatic rings. The van der Waals surface area contributed by atoms with Gasteiger partial charge in [0.2, 0.25) is 0 Å². The first kappa shape index (κ1) is 15.9. The van der Waals surface area contributed by atoms with E-state index in [1.165, 1.54) is 0 Å². The Bertz CT molecular complexity index is 358. The molecule has 1 rings (SSSR count). The highest BCUT2D eigenvalue weighted by Crippen LogP contribution is 2.19. The number of benzene rings is 1. The van der Waals surface area contributed by atoms with Gasteiger partial charge in [-0.1, -0.05) is 12.1 Å². The Balaban J connectivity index is 2.03. The van der Waals surface area contributed by atoms with E-state index in [9.17, 15) is 4.39 Å². The minimum absolute atomic E-state index is 0.265. The smallest absolute Gasteiger partial charge is 0.167 e. The second-order valence-corrected chi connectivity index (χ2v) is 4.39. The Hall–Kier alpha value is -1.13. The molecule has 0 fully saturated rings. The summed E-state index contributed by atoms with van der Waals surface area (Å²) in [4.78, 5) is 0. The number of ether oxygens (including phenoxy) is 2. The van der Waals surface area contributed by atoms with Gasteiger partial charge in [-0.15, -0.1) is 0 Å². The quantitative estimate of drug-likeness (QED) is 0.662. The van der Waals surface area contributed by atoms with Crippen molar-refractivity contribution in [3.8, 4) is 5.75 Å².